The predicted octanol–water partition coefficient (Wildman–Crippen LogP) is 7.09. The summed E-state index contributed by atoms with van der Waals surface area (Å²) in [6.07, 6.45) is 18.5. The monoisotopic (exact) mass is 450 g/mol. The first kappa shape index (κ1) is 24.7. The molecular formula is C24H39BrN2O. The van der Waals surface area contributed by atoms with E-state index in [2.05, 4.69) is 45.6 Å². The summed E-state index contributed by atoms with van der Waals surface area (Å²) in [5.41, 5.74) is 1.65. The van der Waals surface area contributed by atoms with Crippen LogP contribution in [-0.4, -0.2) is 24.3 Å². The molecule has 3 nitrogen and oxygen atoms in total. The summed E-state index contributed by atoms with van der Waals surface area (Å²) in [5, 5.41) is 7.29. The first-order valence-corrected chi connectivity index (χ1v) is 12.2. The Morgan fingerprint density at radius 2 is 1.57 bits per heavy atom. The Morgan fingerprint density at radius 3 is 2.32 bits per heavy atom. The molecule has 1 aromatic rings. The molecule has 2 N–H and O–H groups in total. The van der Waals surface area contributed by atoms with E-state index in [-0.39, 0.29) is 5.91 Å². The summed E-state index contributed by atoms with van der Waals surface area (Å²) in [6, 6.07) is 7.75. The van der Waals surface area contributed by atoms with E-state index in [4.69, 9.17) is 0 Å². The molecule has 0 unspecified atom stereocenters. The summed E-state index contributed by atoms with van der Waals surface area (Å²) in [7, 11) is 0. The van der Waals surface area contributed by atoms with E-state index in [1.54, 1.807) is 0 Å². The van der Waals surface area contributed by atoms with Gasteiger partial charge in [-0.25, -0.2) is 0 Å². The number of rotatable bonds is 17. The van der Waals surface area contributed by atoms with Crippen molar-refractivity contribution < 1.29 is 4.79 Å². The molecule has 0 radical (unpaired) electrons. The smallest absolute Gasteiger partial charge is 0.253 e. The zero-order valence-electron chi connectivity index (χ0n) is 17.6. The summed E-state index contributed by atoms with van der Waals surface area (Å²) in [6.45, 7) is 3.85. The van der Waals surface area contributed by atoms with Crippen LogP contribution in [0.1, 0.15) is 87.9 Å². The Bertz CT molecular complexity index is 545. The summed E-state index contributed by atoms with van der Waals surface area (Å²) in [4.78, 5) is 12.3. The van der Waals surface area contributed by atoms with Gasteiger partial charge in [0.2, 0.25) is 0 Å². The molecule has 0 saturated heterocycles. The van der Waals surface area contributed by atoms with Gasteiger partial charge in [0.15, 0.2) is 0 Å². The normalized spacial score (nSPS) is 11.1. The van der Waals surface area contributed by atoms with Crippen molar-refractivity contribution >= 4 is 27.5 Å². The second-order valence-electron chi connectivity index (χ2n) is 7.29. The van der Waals surface area contributed by atoms with Gasteiger partial charge >= 0.3 is 0 Å². The van der Waals surface area contributed by atoms with Gasteiger partial charge < -0.3 is 10.6 Å². The molecule has 1 aromatic carbocycles. The number of para-hydroxylation sites is 1. The average molecular weight is 451 g/mol. The lowest BCUT2D eigenvalue weighted by molar-refractivity contribution is 0.0954. The molecule has 0 aliphatic heterocycles. The van der Waals surface area contributed by atoms with E-state index >= 15 is 0 Å². The molecular weight excluding hydrogens is 412 g/mol. The van der Waals surface area contributed by atoms with Crippen LogP contribution in [0.25, 0.3) is 0 Å². The van der Waals surface area contributed by atoms with Crippen LogP contribution < -0.4 is 10.6 Å². The van der Waals surface area contributed by atoms with E-state index < -0.39 is 0 Å². The molecule has 0 spiro atoms. The maximum atomic E-state index is 12.3. The van der Waals surface area contributed by atoms with Crippen molar-refractivity contribution in [1.29, 1.82) is 0 Å². The average Bonchev–Trinajstić information content (AvgIpc) is 2.72. The lowest BCUT2D eigenvalue weighted by Crippen LogP contribution is -2.25. The molecule has 0 aromatic heterocycles. The first-order valence-electron chi connectivity index (χ1n) is 11.1. The van der Waals surface area contributed by atoms with Gasteiger partial charge in [0, 0.05) is 24.1 Å². The molecule has 0 heterocycles. The van der Waals surface area contributed by atoms with Gasteiger partial charge in [0.25, 0.3) is 5.91 Å². The number of carbonyl (C=O) groups excluding carboxylic acids is 1. The number of anilines is 1. The molecule has 0 atom stereocenters. The quantitative estimate of drug-likeness (QED) is 0.151. The predicted molar refractivity (Wildman–Crippen MR) is 127 cm³/mol. The van der Waals surface area contributed by atoms with Gasteiger partial charge in [-0.1, -0.05) is 85.7 Å². The second-order valence-corrected chi connectivity index (χ2v) is 8.09. The molecule has 0 bridgehead atoms. The van der Waals surface area contributed by atoms with Gasteiger partial charge in [0.1, 0.15) is 0 Å². The Balaban J connectivity index is 2.13. The molecule has 0 aliphatic carbocycles. The highest BCUT2D eigenvalue weighted by Crippen LogP contribution is 2.15. The van der Waals surface area contributed by atoms with Gasteiger partial charge in [-0.2, -0.15) is 0 Å². The standard InChI is InChI=1S/C24H39BrN2O/c1-2-3-4-5-6-7-8-9-10-11-12-15-20-26-23-18-14-13-17-22(23)24(28)27-21-16-19-25/h10-11,13-14,17-18,26H,2-9,12,15-16,19-21H2,1H3,(H,27,28)/b11-10+. The summed E-state index contributed by atoms with van der Waals surface area (Å²) < 4.78 is 0. The fourth-order valence-corrected chi connectivity index (χ4v) is 3.38. The topological polar surface area (TPSA) is 41.1 Å². The second kappa shape index (κ2) is 17.8. The number of unbranched alkanes of at least 4 members (excludes halogenated alkanes) is 8. The van der Waals surface area contributed by atoms with E-state index in [0.29, 0.717) is 6.54 Å². The molecule has 28 heavy (non-hydrogen) atoms. The zero-order chi connectivity index (χ0) is 20.3. The number of carbonyl (C=O) groups is 1. The van der Waals surface area contributed by atoms with Crippen molar-refractivity contribution in [3.8, 4) is 0 Å². The van der Waals surface area contributed by atoms with Crippen LogP contribution in [0.2, 0.25) is 0 Å². The third-order valence-electron chi connectivity index (χ3n) is 4.77. The number of amides is 1. The Kier molecular flexibility index (Phi) is 15.7. The van der Waals surface area contributed by atoms with E-state index in [1.165, 1.54) is 51.4 Å². The molecule has 1 amide bonds. The summed E-state index contributed by atoms with van der Waals surface area (Å²) >= 11 is 3.38. The van der Waals surface area contributed by atoms with E-state index in [1.807, 2.05) is 24.3 Å². The largest absolute Gasteiger partial charge is 0.384 e. The molecule has 0 fully saturated rings. The van der Waals surface area contributed by atoms with Gasteiger partial charge in [0.05, 0.1) is 5.56 Å². The SMILES string of the molecule is CCCCCCCCC/C=C/CCCNc1ccccc1C(=O)NCCCBr. The van der Waals surface area contributed by atoms with Gasteiger partial charge in [-0.3, -0.25) is 4.79 Å². The lowest BCUT2D eigenvalue weighted by atomic mass is 10.1. The number of hydrogen-bond acceptors (Lipinski definition) is 2. The number of benzene rings is 1. The maximum Gasteiger partial charge on any atom is 0.253 e. The molecule has 4 heteroatoms. The van der Waals surface area contributed by atoms with Crippen molar-refractivity contribution in [3.05, 3.63) is 42.0 Å². The van der Waals surface area contributed by atoms with E-state index in [9.17, 15) is 4.79 Å². The van der Waals surface area contributed by atoms with Crippen molar-refractivity contribution in [2.45, 2.75) is 77.6 Å². The van der Waals surface area contributed by atoms with Gasteiger partial charge in [-0.05, 0) is 44.2 Å². The lowest BCUT2D eigenvalue weighted by Gasteiger charge is -2.11. The summed E-state index contributed by atoms with van der Waals surface area (Å²) in [5.74, 6) is -0.00126. The Morgan fingerprint density at radius 1 is 0.893 bits per heavy atom. The van der Waals surface area contributed by atoms with Crippen LogP contribution in [0.15, 0.2) is 36.4 Å². The van der Waals surface area contributed by atoms with Crippen LogP contribution in [0.4, 0.5) is 5.69 Å². The Hall–Kier alpha value is -1.29. The molecule has 0 aliphatic rings. The highest BCUT2D eigenvalue weighted by atomic mass is 79.9. The van der Waals surface area contributed by atoms with Crippen LogP contribution in [0.5, 0.6) is 0 Å². The molecule has 158 valence electrons. The fourth-order valence-electron chi connectivity index (χ4n) is 3.10. The minimum Gasteiger partial charge on any atom is -0.384 e. The van der Waals surface area contributed by atoms with Crippen LogP contribution in [-0.2, 0) is 0 Å². The van der Waals surface area contributed by atoms with Crippen molar-refractivity contribution in [2.75, 3.05) is 23.7 Å². The first-order chi connectivity index (χ1) is 13.8. The number of halogens is 1. The van der Waals surface area contributed by atoms with Crippen LogP contribution in [0.3, 0.4) is 0 Å². The van der Waals surface area contributed by atoms with Crippen molar-refractivity contribution in [2.24, 2.45) is 0 Å². The highest BCUT2D eigenvalue weighted by Gasteiger charge is 2.09. The number of nitrogens with one attached hydrogen (secondary N) is 2. The molecule has 1 rings (SSSR count). The number of alkyl halides is 1. The third-order valence-corrected chi connectivity index (χ3v) is 5.33. The van der Waals surface area contributed by atoms with Crippen LogP contribution >= 0.6 is 15.9 Å². The number of allylic oxidation sites excluding steroid dienone is 2. The maximum absolute atomic E-state index is 12.3. The van der Waals surface area contributed by atoms with Gasteiger partial charge in [-0.15, -0.1) is 0 Å². The minimum atomic E-state index is -0.00126. The van der Waals surface area contributed by atoms with E-state index in [0.717, 1.165) is 42.4 Å². The van der Waals surface area contributed by atoms with Crippen LogP contribution in [0, 0.1) is 0 Å². The highest BCUT2D eigenvalue weighted by molar-refractivity contribution is 9.09. The number of hydrogen-bond donors (Lipinski definition) is 2. The Labute approximate surface area is 180 Å². The molecule has 0 saturated carbocycles. The zero-order valence-corrected chi connectivity index (χ0v) is 19.2. The van der Waals surface area contributed by atoms with Crippen molar-refractivity contribution in [1.82, 2.24) is 5.32 Å². The third kappa shape index (κ3) is 12.2. The fraction of sp³-hybridized carbons (Fsp3) is 0.625. The minimum absolute atomic E-state index is 0.00126. The van der Waals surface area contributed by atoms with Crippen molar-refractivity contribution in [3.63, 3.8) is 0 Å².